The molecule has 0 radical (unpaired) electrons. The lowest BCUT2D eigenvalue weighted by molar-refractivity contribution is 0.0724. The van der Waals surface area contributed by atoms with Crippen molar-refractivity contribution in [3.8, 4) is 0 Å². The number of fused-ring (bicyclic) bond motifs is 1. The number of hydrogen-bond acceptors (Lipinski definition) is 3. The molecular weight excluding hydrogens is 335 g/mol. The summed E-state index contributed by atoms with van der Waals surface area (Å²) in [7, 11) is 0. The van der Waals surface area contributed by atoms with E-state index in [-0.39, 0.29) is 17.0 Å². The molecule has 0 unspecified atom stereocenters. The molecule has 0 spiro atoms. The summed E-state index contributed by atoms with van der Waals surface area (Å²) in [5.74, 6) is -1.52. The predicted octanol–water partition coefficient (Wildman–Crippen LogP) is 3.25. The molecule has 0 atom stereocenters. The van der Waals surface area contributed by atoms with E-state index in [9.17, 15) is 18.8 Å². The van der Waals surface area contributed by atoms with Crippen molar-refractivity contribution in [1.82, 2.24) is 4.90 Å². The smallest absolute Gasteiger partial charge is 0.266 e. The first kappa shape index (κ1) is 16.4. The molecule has 2 aromatic carbocycles. The van der Waals surface area contributed by atoms with Crippen molar-refractivity contribution in [3.63, 3.8) is 0 Å². The molecule has 4 rings (SSSR count). The topological polar surface area (TPSA) is 57.7 Å². The Balaban J connectivity index is 1.66. The van der Waals surface area contributed by atoms with Gasteiger partial charge in [-0.3, -0.25) is 14.4 Å². The molecule has 6 heteroatoms. The molecule has 2 heterocycles. The van der Waals surface area contributed by atoms with Crippen molar-refractivity contribution in [2.75, 3.05) is 18.0 Å². The summed E-state index contributed by atoms with van der Waals surface area (Å²) in [5, 5.41) is 0. The Morgan fingerprint density at radius 2 is 1.50 bits per heavy atom. The highest BCUT2D eigenvalue weighted by molar-refractivity contribution is 6.34. The number of piperidine rings is 1. The second kappa shape index (κ2) is 6.37. The van der Waals surface area contributed by atoms with Gasteiger partial charge in [0, 0.05) is 18.7 Å². The zero-order valence-electron chi connectivity index (χ0n) is 14.1. The third-order valence-corrected chi connectivity index (χ3v) is 4.86. The Hall–Kier alpha value is -3.02. The van der Waals surface area contributed by atoms with E-state index in [1.54, 1.807) is 11.0 Å². The van der Waals surface area contributed by atoms with Gasteiger partial charge in [0.15, 0.2) is 0 Å². The first-order valence-corrected chi connectivity index (χ1v) is 8.64. The Morgan fingerprint density at radius 3 is 2.19 bits per heavy atom. The summed E-state index contributed by atoms with van der Waals surface area (Å²) in [5.41, 5.74) is 1.19. The summed E-state index contributed by atoms with van der Waals surface area (Å²) in [6, 6.07) is 9.78. The molecular formula is C20H17FN2O3. The van der Waals surface area contributed by atoms with Crippen LogP contribution >= 0.6 is 0 Å². The number of carbonyl (C=O) groups is 3. The molecule has 0 saturated carbocycles. The number of carbonyl (C=O) groups excluding carboxylic acids is 3. The number of amides is 3. The summed E-state index contributed by atoms with van der Waals surface area (Å²) in [6.45, 7) is 1.43. The normalized spacial score (nSPS) is 16.8. The van der Waals surface area contributed by atoms with Crippen LogP contribution in [0, 0.1) is 5.82 Å². The molecule has 2 aromatic rings. The van der Waals surface area contributed by atoms with E-state index in [1.807, 2.05) is 0 Å². The fourth-order valence-corrected chi connectivity index (χ4v) is 3.48. The SMILES string of the molecule is O=C(c1ccc2c(c1)C(=O)N(c1ccc(F)cc1)C2=O)N1CCCCC1. The van der Waals surface area contributed by atoms with E-state index in [2.05, 4.69) is 0 Å². The number of rotatable bonds is 2. The van der Waals surface area contributed by atoms with Gasteiger partial charge >= 0.3 is 0 Å². The van der Waals surface area contributed by atoms with Gasteiger partial charge in [0.1, 0.15) is 5.82 Å². The van der Waals surface area contributed by atoms with Crippen LogP contribution in [0.5, 0.6) is 0 Å². The third kappa shape index (κ3) is 2.67. The van der Waals surface area contributed by atoms with Gasteiger partial charge in [-0.1, -0.05) is 0 Å². The van der Waals surface area contributed by atoms with E-state index in [1.165, 1.54) is 36.4 Å². The molecule has 2 aliphatic heterocycles. The van der Waals surface area contributed by atoms with Gasteiger partial charge in [-0.2, -0.15) is 0 Å². The minimum Gasteiger partial charge on any atom is -0.339 e. The van der Waals surface area contributed by atoms with Crippen LogP contribution < -0.4 is 4.90 Å². The molecule has 0 aliphatic carbocycles. The van der Waals surface area contributed by atoms with Crippen molar-refractivity contribution in [3.05, 3.63) is 65.0 Å². The fraction of sp³-hybridized carbons (Fsp3) is 0.250. The maximum absolute atomic E-state index is 13.1. The van der Waals surface area contributed by atoms with E-state index in [0.29, 0.717) is 24.3 Å². The first-order chi connectivity index (χ1) is 12.6. The Labute approximate surface area is 150 Å². The lowest BCUT2D eigenvalue weighted by Crippen LogP contribution is -2.35. The summed E-state index contributed by atoms with van der Waals surface area (Å²) < 4.78 is 13.1. The minimum absolute atomic E-state index is 0.118. The van der Waals surface area contributed by atoms with E-state index >= 15 is 0 Å². The number of likely N-dealkylation sites (tertiary alicyclic amines) is 1. The average Bonchev–Trinajstić information content (AvgIpc) is 2.93. The van der Waals surface area contributed by atoms with Crippen LogP contribution in [-0.2, 0) is 0 Å². The van der Waals surface area contributed by atoms with Gasteiger partial charge in [-0.05, 0) is 61.7 Å². The zero-order chi connectivity index (χ0) is 18.3. The Kier molecular flexibility index (Phi) is 4.03. The number of nitrogens with zero attached hydrogens (tertiary/aromatic N) is 2. The van der Waals surface area contributed by atoms with Crippen LogP contribution in [0.2, 0.25) is 0 Å². The highest BCUT2D eigenvalue weighted by atomic mass is 19.1. The third-order valence-electron chi connectivity index (χ3n) is 4.86. The second-order valence-corrected chi connectivity index (χ2v) is 6.54. The van der Waals surface area contributed by atoms with Gasteiger partial charge < -0.3 is 4.90 Å². The van der Waals surface area contributed by atoms with Gasteiger partial charge in [-0.25, -0.2) is 9.29 Å². The lowest BCUT2D eigenvalue weighted by atomic mass is 10.0. The molecule has 5 nitrogen and oxygen atoms in total. The Bertz CT molecular complexity index is 902. The highest BCUT2D eigenvalue weighted by Crippen LogP contribution is 2.29. The zero-order valence-corrected chi connectivity index (χ0v) is 14.1. The summed E-state index contributed by atoms with van der Waals surface area (Å²) >= 11 is 0. The highest BCUT2D eigenvalue weighted by Gasteiger charge is 2.37. The van der Waals surface area contributed by atoms with Crippen molar-refractivity contribution in [2.24, 2.45) is 0 Å². The van der Waals surface area contributed by atoms with Gasteiger partial charge in [0.25, 0.3) is 17.7 Å². The lowest BCUT2D eigenvalue weighted by Gasteiger charge is -2.26. The molecule has 0 bridgehead atoms. The first-order valence-electron chi connectivity index (χ1n) is 8.64. The number of imide groups is 1. The van der Waals surface area contributed by atoms with Crippen LogP contribution in [0.15, 0.2) is 42.5 Å². The number of benzene rings is 2. The number of hydrogen-bond donors (Lipinski definition) is 0. The molecule has 1 fully saturated rings. The quantitative estimate of drug-likeness (QED) is 0.780. The van der Waals surface area contributed by atoms with Gasteiger partial charge in [0.05, 0.1) is 16.8 Å². The maximum Gasteiger partial charge on any atom is 0.266 e. The molecule has 26 heavy (non-hydrogen) atoms. The molecule has 0 N–H and O–H groups in total. The summed E-state index contributed by atoms with van der Waals surface area (Å²) in [6.07, 6.45) is 3.08. The van der Waals surface area contributed by atoms with Crippen LogP contribution in [0.3, 0.4) is 0 Å². The molecule has 1 saturated heterocycles. The van der Waals surface area contributed by atoms with Crippen LogP contribution in [-0.4, -0.2) is 35.7 Å². The minimum atomic E-state index is -0.495. The fourth-order valence-electron chi connectivity index (χ4n) is 3.48. The van der Waals surface area contributed by atoms with Crippen LogP contribution in [0.1, 0.15) is 50.3 Å². The second-order valence-electron chi connectivity index (χ2n) is 6.54. The maximum atomic E-state index is 13.1. The van der Waals surface area contributed by atoms with Crippen molar-refractivity contribution < 1.29 is 18.8 Å². The largest absolute Gasteiger partial charge is 0.339 e. The molecule has 132 valence electrons. The molecule has 3 amide bonds. The molecule has 2 aliphatic rings. The monoisotopic (exact) mass is 352 g/mol. The van der Waals surface area contributed by atoms with Crippen molar-refractivity contribution in [1.29, 1.82) is 0 Å². The van der Waals surface area contributed by atoms with Crippen molar-refractivity contribution in [2.45, 2.75) is 19.3 Å². The van der Waals surface area contributed by atoms with E-state index in [0.717, 1.165) is 24.2 Å². The molecule has 0 aromatic heterocycles. The van der Waals surface area contributed by atoms with Gasteiger partial charge in [-0.15, -0.1) is 0 Å². The Morgan fingerprint density at radius 1 is 0.846 bits per heavy atom. The number of halogens is 1. The average molecular weight is 352 g/mol. The van der Waals surface area contributed by atoms with Crippen molar-refractivity contribution >= 4 is 23.4 Å². The number of anilines is 1. The van der Waals surface area contributed by atoms with Crippen LogP contribution in [0.4, 0.5) is 10.1 Å². The van der Waals surface area contributed by atoms with E-state index in [4.69, 9.17) is 0 Å². The standard InChI is InChI=1S/C20H17FN2O3/c21-14-5-7-15(8-6-14)23-19(25)16-9-4-13(12-17(16)20(23)26)18(24)22-10-2-1-3-11-22/h4-9,12H,1-3,10-11H2. The predicted molar refractivity (Wildman–Crippen MR) is 93.7 cm³/mol. The van der Waals surface area contributed by atoms with Crippen LogP contribution in [0.25, 0.3) is 0 Å². The van der Waals surface area contributed by atoms with Gasteiger partial charge in [0.2, 0.25) is 0 Å². The van der Waals surface area contributed by atoms with E-state index < -0.39 is 17.6 Å². The summed E-state index contributed by atoms with van der Waals surface area (Å²) in [4.78, 5) is 40.8.